The van der Waals surface area contributed by atoms with Crippen molar-refractivity contribution in [2.24, 2.45) is 0 Å². The molecule has 3 N–H and O–H groups in total. The number of sulfonamides is 1. The van der Waals surface area contributed by atoms with Gasteiger partial charge >= 0.3 is 0 Å². The van der Waals surface area contributed by atoms with E-state index in [0.29, 0.717) is 12.2 Å². The van der Waals surface area contributed by atoms with Crippen molar-refractivity contribution in [3.8, 4) is 0 Å². The zero-order valence-electron chi connectivity index (χ0n) is 9.69. The molecule has 0 aliphatic rings. The second-order valence-electron chi connectivity index (χ2n) is 4.01. The molecule has 1 rings (SSSR count). The van der Waals surface area contributed by atoms with E-state index in [9.17, 15) is 8.42 Å². The SMILES string of the molecule is CC(C)NCC(C)S(=O)(=O)Nc1cn[nH]c1. The highest BCUT2D eigenvalue weighted by atomic mass is 32.2. The first-order chi connectivity index (χ1) is 7.42. The van der Waals surface area contributed by atoms with Gasteiger partial charge in [0.1, 0.15) is 0 Å². The molecular weight excluding hydrogens is 228 g/mol. The Balaban J connectivity index is 2.56. The van der Waals surface area contributed by atoms with Crippen LogP contribution in [0.15, 0.2) is 12.4 Å². The molecule has 0 bridgehead atoms. The third-order valence-electron chi connectivity index (χ3n) is 2.10. The van der Waals surface area contributed by atoms with Crippen LogP contribution in [0.5, 0.6) is 0 Å². The van der Waals surface area contributed by atoms with E-state index >= 15 is 0 Å². The summed E-state index contributed by atoms with van der Waals surface area (Å²) in [7, 11) is -3.35. The van der Waals surface area contributed by atoms with E-state index in [1.807, 2.05) is 13.8 Å². The van der Waals surface area contributed by atoms with Crippen LogP contribution in [0.3, 0.4) is 0 Å². The monoisotopic (exact) mass is 246 g/mol. The van der Waals surface area contributed by atoms with Gasteiger partial charge in [-0.05, 0) is 6.92 Å². The molecule has 0 saturated carbocycles. The fourth-order valence-electron chi connectivity index (χ4n) is 1.08. The molecule has 92 valence electrons. The zero-order chi connectivity index (χ0) is 12.2. The predicted octanol–water partition coefficient (Wildman–Crippen LogP) is 0.538. The van der Waals surface area contributed by atoms with E-state index in [-0.39, 0.29) is 6.04 Å². The van der Waals surface area contributed by atoms with Crippen molar-refractivity contribution < 1.29 is 8.42 Å². The molecule has 1 aromatic heterocycles. The summed E-state index contributed by atoms with van der Waals surface area (Å²) in [6.07, 6.45) is 2.93. The highest BCUT2D eigenvalue weighted by molar-refractivity contribution is 7.93. The van der Waals surface area contributed by atoms with Crippen LogP contribution in [-0.4, -0.2) is 36.5 Å². The van der Waals surface area contributed by atoms with Crippen LogP contribution in [0.4, 0.5) is 5.69 Å². The molecule has 0 fully saturated rings. The van der Waals surface area contributed by atoms with Crippen molar-refractivity contribution in [3.05, 3.63) is 12.4 Å². The topological polar surface area (TPSA) is 86.9 Å². The van der Waals surface area contributed by atoms with Crippen LogP contribution in [0.2, 0.25) is 0 Å². The Morgan fingerprint density at radius 1 is 1.44 bits per heavy atom. The van der Waals surface area contributed by atoms with Crippen LogP contribution >= 0.6 is 0 Å². The standard InChI is InChI=1S/C9H18N4O2S/c1-7(2)10-4-8(3)16(14,15)13-9-5-11-12-6-9/h5-8,10,13H,4H2,1-3H3,(H,11,12). The smallest absolute Gasteiger partial charge is 0.236 e. The van der Waals surface area contributed by atoms with Gasteiger partial charge < -0.3 is 5.32 Å². The van der Waals surface area contributed by atoms with Crippen molar-refractivity contribution in [2.45, 2.75) is 32.1 Å². The summed E-state index contributed by atoms with van der Waals surface area (Å²) >= 11 is 0. The number of hydrogen-bond acceptors (Lipinski definition) is 4. The average Bonchev–Trinajstić information content (AvgIpc) is 2.65. The normalized spacial score (nSPS) is 14.0. The van der Waals surface area contributed by atoms with E-state index in [4.69, 9.17) is 0 Å². The van der Waals surface area contributed by atoms with Crippen molar-refractivity contribution in [1.82, 2.24) is 15.5 Å². The molecular formula is C9H18N4O2S. The molecule has 0 amide bonds. The van der Waals surface area contributed by atoms with Gasteiger partial charge in [0.15, 0.2) is 0 Å². The lowest BCUT2D eigenvalue weighted by Crippen LogP contribution is -2.37. The summed E-state index contributed by atoms with van der Waals surface area (Å²) in [5, 5.41) is 8.81. The van der Waals surface area contributed by atoms with Gasteiger partial charge in [0.05, 0.1) is 17.1 Å². The molecule has 1 heterocycles. The van der Waals surface area contributed by atoms with Gasteiger partial charge in [-0.15, -0.1) is 0 Å². The number of hydrogen-bond donors (Lipinski definition) is 3. The lowest BCUT2D eigenvalue weighted by molar-refractivity contribution is 0.553. The third-order valence-corrected chi connectivity index (χ3v) is 3.85. The Kier molecular flexibility index (Phi) is 4.31. The number of anilines is 1. The van der Waals surface area contributed by atoms with Crippen LogP contribution in [0, 0.1) is 0 Å². The Labute approximate surface area is 95.9 Å². The minimum absolute atomic E-state index is 0.270. The van der Waals surface area contributed by atoms with Gasteiger partial charge in [-0.3, -0.25) is 9.82 Å². The molecule has 0 spiro atoms. The molecule has 0 aromatic carbocycles. The van der Waals surface area contributed by atoms with E-state index in [1.165, 1.54) is 12.4 Å². The fourth-order valence-corrected chi connectivity index (χ4v) is 2.04. The van der Waals surface area contributed by atoms with Crippen molar-refractivity contribution in [2.75, 3.05) is 11.3 Å². The molecule has 1 atom stereocenters. The van der Waals surface area contributed by atoms with Crippen LogP contribution in [0.25, 0.3) is 0 Å². The summed E-state index contributed by atoms with van der Waals surface area (Å²) in [4.78, 5) is 0. The summed E-state index contributed by atoms with van der Waals surface area (Å²) in [5.41, 5.74) is 0.455. The van der Waals surface area contributed by atoms with Crippen molar-refractivity contribution >= 4 is 15.7 Å². The van der Waals surface area contributed by atoms with E-state index in [1.54, 1.807) is 6.92 Å². The van der Waals surface area contributed by atoms with Gasteiger partial charge in [-0.1, -0.05) is 13.8 Å². The van der Waals surface area contributed by atoms with Crippen molar-refractivity contribution in [1.29, 1.82) is 0 Å². The number of aromatic nitrogens is 2. The van der Waals surface area contributed by atoms with Crippen LogP contribution in [-0.2, 0) is 10.0 Å². The average molecular weight is 246 g/mol. The van der Waals surface area contributed by atoms with Gasteiger partial charge in [-0.25, -0.2) is 8.42 Å². The van der Waals surface area contributed by atoms with Crippen LogP contribution < -0.4 is 10.0 Å². The molecule has 1 unspecified atom stereocenters. The largest absolute Gasteiger partial charge is 0.313 e. The molecule has 6 nitrogen and oxygen atoms in total. The molecule has 16 heavy (non-hydrogen) atoms. The summed E-state index contributed by atoms with van der Waals surface area (Å²) in [6.45, 7) is 6.04. The molecule has 0 aliphatic carbocycles. The summed E-state index contributed by atoms with van der Waals surface area (Å²) in [6, 6.07) is 0.270. The molecule has 0 radical (unpaired) electrons. The van der Waals surface area contributed by atoms with Gasteiger partial charge in [0.2, 0.25) is 10.0 Å². The first-order valence-electron chi connectivity index (χ1n) is 5.15. The quantitative estimate of drug-likeness (QED) is 0.683. The third kappa shape index (κ3) is 3.82. The van der Waals surface area contributed by atoms with E-state index in [2.05, 4.69) is 20.2 Å². The number of rotatable bonds is 6. The molecule has 1 aromatic rings. The lowest BCUT2D eigenvalue weighted by atomic mass is 10.3. The maximum atomic E-state index is 11.8. The first kappa shape index (κ1) is 13.0. The van der Waals surface area contributed by atoms with Gasteiger partial charge in [0, 0.05) is 18.8 Å². The van der Waals surface area contributed by atoms with Crippen LogP contribution in [0.1, 0.15) is 20.8 Å². The number of H-pyrrole nitrogens is 1. The second kappa shape index (κ2) is 5.31. The zero-order valence-corrected chi connectivity index (χ0v) is 10.5. The van der Waals surface area contributed by atoms with E-state index < -0.39 is 15.3 Å². The Morgan fingerprint density at radius 2 is 2.12 bits per heavy atom. The minimum atomic E-state index is -3.35. The maximum Gasteiger partial charge on any atom is 0.236 e. The maximum absolute atomic E-state index is 11.8. The highest BCUT2D eigenvalue weighted by Crippen LogP contribution is 2.08. The number of nitrogens with one attached hydrogen (secondary N) is 3. The van der Waals surface area contributed by atoms with Gasteiger partial charge in [-0.2, -0.15) is 5.10 Å². The Bertz CT molecular complexity index is 399. The molecule has 0 aliphatic heterocycles. The molecule has 0 saturated heterocycles. The Hall–Kier alpha value is -1.08. The summed E-state index contributed by atoms with van der Waals surface area (Å²) in [5.74, 6) is 0. The highest BCUT2D eigenvalue weighted by Gasteiger charge is 2.20. The van der Waals surface area contributed by atoms with Gasteiger partial charge in [0.25, 0.3) is 0 Å². The number of nitrogens with zero attached hydrogens (tertiary/aromatic N) is 1. The Morgan fingerprint density at radius 3 is 2.62 bits per heavy atom. The van der Waals surface area contributed by atoms with Crippen molar-refractivity contribution in [3.63, 3.8) is 0 Å². The predicted molar refractivity (Wildman–Crippen MR) is 63.7 cm³/mol. The van der Waals surface area contributed by atoms with E-state index in [0.717, 1.165) is 0 Å². The second-order valence-corrected chi connectivity index (χ2v) is 6.11. The summed E-state index contributed by atoms with van der Waals surface area (Å²) < 4.78 is 26.1. The molecule has 7 heteroatoms. The number of aromatic amines is 1. The fraction of sp³-hybridized carbons (Fsp3) is 0.667. The minimum Gasteiger partial charge on any atom is -0.313 e. The first-order valence-corrected chi connectivity index (χ1v) is 6.70. The lowest BCUT2D eigenvalue weighted by Gasteiger charge is -2.16.